The molecule has 0 heterocycles. The van der Waals surface area contributed by atoms with Crippen molar-refractivity contribution in [1.29, 1.82) is 0 Å². The molecule has 0 spiro atoms. The molecule has 0 radical (unpaired) electrons. The summed E-state index contributed by atoms with van der Waals surface area (Å²) in [6, 6.07) is 0. The molecule has 4 aliphatic carbocycles. The van der Waals surface area contributed by atoms with Crippen molar-refractivity contribution in [2.24, 2.45) is 52.3 Å². The lowest BCUT2D eigenvalue weighted by atomic mass is 9.35. The predicted octanol–water partition coefficient (Wildman–Crippen LogP) is 4.07. The third-order valence-electron chi connectivity index (χ3n) is 11.4. The van der Waals surface area contributed by atoms with E-state index in [2.05, 4.69) is 35.5 Å². The number of rotatable bonds is 5. The summed E-state index contributed by atoms with van der Waals surface area (Å²) in [5, 5.41) is 31.9. The Balaban J connectivity index is 1.67. The van der Waals surface area contributed by atoms with Crippen molar-refractivity contribution in [1.82, 2.24) is 0 Å². The Morgan fingerprint density at radius 3 is 2.35 bits per heavy atom. The maximum Gasteiger partial charge on any atom is 0.303 e. The van der Waals surface area contributed by atoms with Crippen LogP contribution < -0.4 is 0 Å². The van der Waals surface area contributed by atoms with E-state index in [0.717, 1.165) is 32.1 Å². The number of carboxylic acids is 1. The van der Waals surface area contributed by atoms with Crippen LogP contribution in [-0.4, -0.2) is 40.7 Å². The Morgan fingerprint density at radius 1 is 1.06 bits per heavy atom. The highest BCUT2D eigenvalue weighted by Gasteiger charge is 2.67. The van der Waals surface area contributed by atoms with E-state index in [1.807, 2.05) is 0 Å². The van der Waals surface area contributed by atoms with Gasteiger partial charge in [0, 0.05) is 11.9 Å². The average Bonchev–Trinajstić information content (AvgIpc) is 3.04. The Kier molecular flexibility index (Phi) is 6.12. The van der Waals surface area contributed by atoms with Crippen LogP contribution in [-0.2, 0) is 4.79 Å². The molecule has 0 aromatic rings. The summed E-state index contributed by atoms with van der Waals surface area (Å²) < 4.78 is 0. The molecule has 3 N–H and O–H groups in total. The van der Waals surface area contributed by atoms with Crippen molar-refractivity contribution in [3.63, 3.8) is 0 Å². The minimum Gasteiger partial charge on any atom is -0.481 e. The van der Waals surface area contributed by atoms with Crippen LogP contribution in [0.2, 0.25) is 0 Å². The Morgan fingerprint density at radius 2 is 1.71 bits per heavy atom. The molecule has 4 fully saturated rings. The fourth-order valence-electron chi connectivity index (χ4n) is 10.0. The van der Waals surface area contributed by atoms with Crippen LogP contribution in [0.5, 0.6) is 0 Å². The number of carbonyl (C=O) groups is 1. The molecule has 0 amide bonds. The van der Waals surface area contributed by atoms with Gasteiger partial charge >= 0.3 is 5.97 Å². The molecule has 0 aromatic heterocycles. The summed E-state index contributed by atoms with van der Waals surface area (Å²) in [6.45, 7) is 9.46. The molecule has 4 aliphatic rings. The molecule has 0 bridgehead atoms. The van der Waals surface area contributed by atoms with Gasteiger partial charge in [0.1, 0.15) is 7.85 Å². The van der Waals surface area contributed by atoms with E-state index in [1.165, 1.54) is 25.7 Å². The highest BCUT2D eigenvalue weighted by atomic mass is 16.4. The molecular formula is C26H45BO4. The largest absolute Gasteiger partial charge is 0.481 e. The molecule has 0 aliphatic heterocycles. The van der Waals surface area contributed by atoms with Gasteiger partial charge in [-0.3, -0.25) is 4.79 Å². The first-order valence-corrected chi connectivity index (χ1v) is 13.1. The van der Waals surface area contributed by atoms with E-state index in [9.17, 15) is 20.1 Å². The van der Waals surface area contributed by atoms with Crippen molar-refractivity contribution in [2.75, 3.05) is 0 Å². The molecular weight excluding hydrogens is 387 g/mol. The van der Waals surface area contributed by atoms with Gasteiger partial charge in [-0.15, -0.1) is 0 Å². The van der Waals surface area contributed by atoms with Gasteiger partial charge < -0.3 is 15.3 Å². The minimum absolute atomic E-state index is 0.207. The molecule has 1 unspecified atom stereocenters. The number of hydrogen-bond acceptors (Lipinski definition) is 3. The second kappa shape index (κ2) is 8.04. The minimum atomic E-state index is -0.688. The SMILES string of the molecule is B[C@]1(O)[C@@H]2[C@H](CC[C@]3(C)C([C@H](C)CCC(=O)O)CC[C@@H]23)[C@@]2(C)CC[C@@H](O)C[C@H]2[C@H]1CC. The number of aliphatic hydroxyl groups excluding tert-OH is 1. The predicted molar refractivity (Wildman–Crippen MR) is 125 cm³/mol. The van der Waals surface area contributed by atoms with Crippen LogP contribution in [0.4, 0.5) is 0 Å². The third-order valence-corrected chi connectivity index (χ3v) is 11.4. The molecule has 176 valence electrons. The summed E-state index contributed by atoms with van der Waals surface area (Å²) in [7, 11) is 2.13. The molecule has 5 heteroatoms. The van der Waals surface area contributed by atoms with Gasteiger partial charge in [0.2, 0.25) is 0 Å². The lowest BCUT2D eigenvalue weighted by molar-refractivity contribution is -0.220. The molecule has 0 saturated heterocycles. The summed E-state index contributed by atoms with van der Waals surface area (Å²) in [6.07, 6.45) is 9.39. The Hall–Kier alpha value is -0.545. The summed E-state index contributed by atoms with van der Waals surface area (Å²) in [5.41, 5.74) is -0.258. The van der Waals surface area contributed by atoms with Crippen LogP contribution in [0, 0.1) is 52.3 Å². The standard InChI is InChI=1S/C26H45BO4/c1-5-17-21-14-16(28)10-12-25(21,4)20-11-13-24(3)18(15(2)6-9-22(29)30)7-8-19(24)23(20)26(17,27)31/h15-21,23,28,31H,5-14,27H2,1-4H3,(H,29,30)/t15-,16-,17-,18?,19+,20+,21+,23+,24-,25-,26-/m1/s1. The Labute approximate surface area is 190 Å². The third kappa shape index (κ3) is 3.52. The van der Waals surface area contributed by atoms with Gasteiger partial charge in [0.25, 0.3) is 0 Å². The van der Waals surface area contributed by atoms with E-state index in [4.69, 9.17) is 0 Å². The van der Waals surface area contributed by atoms with Gasteiger partial charge in [-0.2, -0.15) is 0 Å². The first kappa shape index (κ1) is 23.6. The molecule has 31 heavy (non-hydrogen) atoms. The molecule has 4 saturated carbocycles. The summed E-state index contributed by atoms with van der Waals surface area (Å²) >= 11 is 0. The molecule has 0 aromatic carbocycles. The quantitative estimate of drug-likeness (QED) is 0.573. The number of aliphatic carboxylic acids is 1. The van der Waals surface area contributed by atoms with E-state index >= 15 is 0 Å². The van der Waals surface area contributed by atoms with Gasteiger partial charge in [-0.05, 0) is 104 Å². The second-order valence-electron chi connectivity index (χ2n) is 12.7. The van der Waals surface area contributed by atoms with Crippen molar-refractivity contribution in [3.8, 4) is 0 Å². The highest BCUT2D eigenvalue weighted by molar-refractivity contribution is 6.15. The van der Waals surface area contributed by atoms with E-state index in [0.29, 0.717) is 35.5 Å². The highest BCUT2D eigenvalue weighted by Crippen LogP contribution is 2.71. The summed E-state index contributed by atoms with van der Waals surface area (Å²) in [4.78, 5) is 11.2. The smallest absolute Gasteiger partial charge is 0.303 e. The van der Waals surface area contributed by atoms with Crippen LogP contribution in [0.25, 0.3) is 0 Å². The zero-order valence-electron chi connectivity index (χ0n) is 20.4. The first-order valence-electron chi connectivity index (χ1n) is 13.1. The maximum atomic E-state index is 12.2. The van der Waals surface area contributed by atoms with Crippen LogP contribution in [0.3, 0.4) is 0 Å². The molecule has 4 nitrogen and oxygen atoms in total. The van der Waals surface area contributed by atoms with Gasteiger partial charge in [-0.25, -0.2) is 0 Å². The van der Waals surface area contributed by atoms with Crippen LogP contribution in [0.15, 0.2) is 0 Å². The van der Waals surface area contributed by atoms with Crippen LogP contribution >= 0.6 is 0 Å². The number of hydrogen-bond donors (Lipinski definition) is 3. The van der Waals surface area contributed by atoms with E-state index in [-0.39, 0.29) is 29.3 Å². The number of fused-ring (bicyclic) bond motifs is 5. The topological polar surface area (TPSA) is 77.8 Å². The number of aliphatic hydroxyl groups is 2. The lowest BCUT2D eigenvalue weighted by Crippen LogP contribution is -2.68. The van der Waals surface area contributed by atoms with E-state index in [1.54, 1.807) is 0 Å². The van der Waals surface area contributed by atoms with Gasteiger partial charge in [-0.1, -0.05) is 34.1 Å². The van der Waals surface area contributed by atoms with Crippen molar-refractivity contribution in [3.05, 3.63) is 0 Å². The molecule has 4 rings (SSSR count). The fraction of sp³-hybridized carbons (Fsp3) is 0.962. The van der Waals surface area contributed by atoms with Crippen molar-refractivity contribution < 1.29 is 20.1 Å². The van der Waals surface area contributed by atoms with Crippen LogP contribution in [0.1, 0.15) is 91.9 Å². The zero-order valence-corrected chi connectivity index (χ0v) is 20.4. The summed E-state index contributed by atoms with van der Waals surface area (Å²) in [5.74, 6) is 2.34. The van der Waals surface area contributed by atoms with Gasteiger partial charge in [0.05, 0.1) is 6.10 Å². The zero-order chi connectivity index (χ0) is 22.8. The Bertz CT molecular complexity index is 695. The second-order valence-corrected chi connectivity index (χ2v) is 12.7. The van der Waals surface area contributed by atoms with E-state index < -0.39 is 11.5 Å². The van der Waals surface area contributed by atoms with Crippen molar-refractivity contribution >= 4 is 13.8 Å². The lowest BCUT2D eigenvalue weighted by Gasteiger charge is -2.68. The molecule has 11 atom stereocenters. The monoisotopic (exact) mass is 432 g/mol. The first-order chi connectivity index (χ1) is 14.5. The van der Waals surface area contributed by atoms with Gasteiger partial charge in [0.15, 0.2) is 0 Å². The fourth-order valence-corrected chi connectivity index (χ4v) is 10.0. The average molecular weight is 432 g/mol. The number of carboxylic acid groups (broad SMARTS) is 1. The van der Waals surface area contributed by atoms with Crippen molar-refractivity contribution in [2.45, 2.75) is 104 Å². The maximum absolute atomic E-state index is 12.2. The normalized spacial score (nSPS) is 52.6.